The number of hydrogen-bond acceptors (Lipinski definition) is 4. The van der Waals surface area contributed by atoms with Crippen molar-refractivity contribution >= 4 is 0 Å². The smallest absolute Gasteiger partial charge is 0.138 e. The lowest BCUT2D eigenvalue weighted by atomic mass is 9.79. The quantitative estimate of drug-likeness (QED) is 0.796. The number of aryl methyl sites for hydroxylation is 1. The average molecular weight is 247 g/mol. The SMILES string of the molecule is Cn1ncnc1CC(CO)(CO)c1ccccc1. The lowest BCUT2D eigenvalue weighted by molar-refractivity contribution is 0.114. The Morgan fingerprint density at radius 2 is 1.83 bits per heavy atom. The Balaban J connectivity index is 2.36. The van der Waals surface area contributed by atoms with Crippen LogP contribution in [0.1, 0.15) is 11.4 Å². The monoisotopic (exact) mass is 247 g/mol. The Hall–Kier alpha value is -1.72. The van der Waals surface area contributed by atoms with Gasteiger partial charge in [-0.3, -0.25) is 4.68 Å². The fraction of sp³-hybridized carbons (Fsp3) is 0.385. The fourth-order valence-corrected chi connectivity index (χ4v) is 2.02. The minimum Gasteiger partial charge on any atom is -0.395 e. The normalized spacial score (nSPS) is 11.7. The van der Waals surface area contributed by atoms with E-state index in [-0.39, 0.29) is 13.2 Å². The Morgan fingerprint density at radius 1 is 1.17 bits per heavy atom. The van der Waals surface area contributed by atoms with Gasteiger partial charge < -0.3 is 10.2 Å². The molecule has 5 nitrogen and oxygen atoms in total. The van der Waals surface area contributed by atoms with Crippen LogP contribution in [0.5, 0.6) is 0 Å². The molecule has 2 aromatic rings. The third-order valence-corrected chi connectivity index (χ3v) is 3.29. The maximum atomic E-state index is 9.70. The zero-order chi connectivity index (χ0) is 13.0. The van der Waals surface area contributed by atoms with E-state index in [1.54, 1.807) is 11.7 Å². The maximum absolute atomic E-state index is 9.70. The van der Waals surface area contributed by atoms with E-state index < -0.39 is 5.41 Å². The molecule has 1 heterocycles. The van der Waals surface area contributed by atoms with Crippen LogP contribution in [-0.4, -0.2) is 38.2 Å². The van der Waals surface area contributed by atoms with Gasteiger partial charge in [-0.05, 0) is 5.56 Å². The minimum absolute atomic E-state index is 0.139. The summed E-state index contributed by atoms with van der Waals surface area (Å²) in [5.41, 5.74) is 0.181. The van der Waals surface area contributed by atoms with Crippen LogP contribution < -0.4 is 0 Å². The topological polar surface area (TPSA) is 71.2 Å². The second kappa shape index (κ2) is 5.29. The molecule has 0 amide bonds. The van der Waals surface area contributed by atoms with Crippen molar-refractivity contribution < 1.29 is 10.2 Å². The molecule has 0 aliphatic heterocycles. The Bertz CT molecular complexity index is 492. The summed E-state index contributed by atoms with van der Waals surface area (Å²) in [5, 5.41) is 23.4. The molecule has 0 aliphatic carbocycles. The van der Waals surface area contributed by atoms with Crippen LogP contribution in [0.2, 0.25) is 0 Å². The number of benzene rings is 1. The van der Waals surface area contributed by atoms with Crippen molar-refractivity contribution in [1.82, 2.24) is 14.8 Å². The van der Waals surface area contributed by atoms with E-state index in [4.69, 9.17) is 0 Å². The molecular formula is C13H17N3O2. The molecule has 0 saturated heterocycles. The summed E-state index contributed by atoms with van der Waals surface area (Å²) in [6, 6.07) is 9.51. The van der Waals surface area contributed by atoms with Crippen molar-refractivity contribution in [2.75, 3.05) is 13.2 Å². The summed E-state index contributed by atoms with van der Waals surface area (Å²) in [6.07, 6.45) is 1.92. The van der Waals surface area contributed by atoms with E-state index in [9.17, 15) is 10.2 Å². The van der Waals surface area contributed by atoms with Gasteiger partial charge in [0.05, 0.1) is 13.2 Å². The average Bonchev–Trinajstić information content (AvgIpc) is 2.82. The van der Waals surface area contributed by atoms with Crippen molar-refractivity contribution in [3.63, 3.8) is 0 Å². The lowest BCUT2D eigenvalue weighted by Crippen LogP contribution is -2.38. The Labute approximate surface area is 106 Å². The number of rotatable bonds is 5. The van der Waals surface area contributed by atoms with Crippen molar-refractivity contribution in [1.29, 1.82) is 0 Å². The number of nitrogens with zero attached hydrogens (tertiary/aromatic N) is 3. The van der Waals surface area contributed by atoms with E-state index in [1.807, 2.05) is 30.3 Å². The van der Waals surface area contributed by atoms with Crippen LogP contribution in [0.4, 0.5) is 0 Å². The lowest BCUT2D eigenvalue weighted by Gasteiger charge is -2.29. The zero-order valence-corrected chi connectivity index (χ0v) is 10.3. The summed E-state index contributed by atoms with van der Waals surface area (Å²) < 4.78 is 1.66. The van der Waals surface area contributed by atoms with Crippen molar-refractivity contribution in [2.45, 2.75) is 11.8 Å². The van der Waals surface area contributed by atoms with Crippen LogP contribution in [0, 0.1) is 0 Å². The summed E-state index contributed by atoms with van der Waals surface area (Å²) >= 11 is 0. The molecular weight excluding hydrogens is 230 g/mol. The van der Waals surface area contributed by atoms with Crippen LogP contribution in [0.3, 0.4) is 0 Å². The highest BCUT2D eigenvalue weighted by Crippen LogP contribution is 2.27. The number of aliphatic hydroxyl groups is 2. The highest BCUT2D eigenvalue weighted by Gasteiger charge is 2.32. The van der Waals surface area contributed by atoms with E-state index in [1.165, 1.54) is 6.33 Å². The molecule has 2 rings (SSSR count). The van der Waals surface area contributed by atoms with Crippen LogP contribution >= 0.6 is 0 Å². The molecule has 1 aromatic carbocycles. The summed E-state index contributed by atoms with van der Waals surface area (Å²) in [7, 11) is 1.80. The van der Waals surface area contributed by atoms with Gasteiger partial charge in [-0.25, -0.2) is 4.98 Å². The van der Waals surface area contributed by atoms with E-state index in [0.717, 1.165) is 11.4 Å². The largest absolute Gasteiger partial charge is 0.395 e. The standard InChI is InChI=1S/C13H17N3O2/c1-16-12(14-10-15-16)7-13(8-17,9-18)11-5-3-2-4-6-11/h2-6,10,17-18H,7-9H2,1H3. The predicted octanol–water partition coefficient (Wildman–Crippen LogP) is 0.280. The molecule has 0 atom stereocenters. The second-order valence-electron chi connectivity index (χ2n) is 4.44. The number of aliphatic hydroxyl groups excluding tert-OH is 2. The van der Waals surface area contributed by atoms with Crippen LogP contribution in [-0.2, 0) is 18.9 Å². The van der Waals surface area contributed by atoms with Crippen molar-refractivity contribution in [2.24, 2.45) is 7.05 Å². The van der Waals surface area contributed by atoms with Crippen molar-refractivity contribution in [3.05, 3.63) is 48.0 Å². The summed E-state index contributed by atoms with van der Waals surface area (Å²) in [5.74, 6) is 0.738. The van der Waals surface area contributed by atoms with Crippen molar-refractivity contribution in [3.8, 4) is 0 Å². The first-order chi connectivity index (χ1) is 8.72. The highest BCUT2D eigenvalue weighted by molar-refractivity contribution is 5.27. The number of aromatic nitrogens is 3. The molecule has 0 unspecified atom stereocenters. The van der Waals surface area contributed by atoms with Crippen LogP contribution in [0.25, 0.3) is 0 Å². The molecule has 0 fully saturated rings. The Morgan fingerprint density at radius 3 is 2.33 bits per heavy atom. The first-order valence-corrected chi connectivity index (χ1v) is 5.82. The second-order valence-corrected chi connectivity index (χ2v) is 4.44. The zero-order valence-electron chi connectivity index (χ0n) is 10.3. The molecule has 0 aliphatic rings. The predicted molar refractivity (Wildman–Crippen MR) is 67.0 cm³/mol. The molecule has 0 spiro atoms. The van der Waals surface area contributed by atoms with Crippen LogP contribution in [0.15, 0.2) is 36.7 Å². The van der Waals surface area contributed by atoms with E-state index in [2.05, 4.69) is 10.1 Å². The summed E-state index contributed by atoms with van der Waals surface area (Å²) in [4.78, 5) is 4.15. The number of hydrogen-bond donors (Lipinski definition) is 2. The molecule has 18 heavy (non-hydrogen) atoms. The molecule has 0 saturated carbocycles. The first kappa shape index (κ1) is 12.7. The van der Waals surface area contributed by atoms with Gasteiger partial charge in [-0.15, -0.1) is 0 Å². The summed E-state index contributed by atoms with van der Waals surface area (Å²) in [6.45, 7) is -0.277. The Kier molecular flexibility index (Phi) is 3.74. The molecule has 96 valence electrons. The molecule has 0 radical (unpaired) electrons. The van der Waals surface area contributed by atoms with Gasteiger partial charge in [0.1, 0.15) is 12.2 Å². The third kappa shape index (κ3) is 2.27. The molecule has 2 N–H and O–H groups in total. The molecule has 1 aromatic heterocycles. The van der Waals surface area contributed by atoms with E-state index in [0.29, 0.717) is 6.42 Å². The van der Waals surface area contributed by atoms with E-state index >= 15 is 0 Å². The molecule has 0 bridgehead atoms. The third-order valence-electron chi connectivity index (χ3n) is 3.29. The fourth-order valence-electron chi connectivity index (χ4n) is 2.02. The van der Waals surface area contributed by atoms with Gasteiger partial charge >= 0.3 is 0 Å². The molecule has 5 heteroatoms. The maximum Gasteiger partial charge on any atom is 0.138 e. The van der Waals surface area contributed by atoms with Gasteiger partial charge in [0, 0.05) is 18.9 Å². The highest BCUT2D eigenvalue weighted by atomic mass is 16.3. The van der Waals surface area contributed by atoms with Gasteiger partial charge in [-0.2, -0.15) is 5.10 Å². The van der Waals surface area contributed by atoms with Gasteiger partial charge in [0.2, 0.25) is 0 Å². The van der Waals surface area contributed by atoms with Gasteiger partial charge in [-0.1, -0.05) is 30.3 Å². The van der Waals surface area contributed by atoms with Gasteiger partial charge in [0.15, 0.2) is 0 Å². The van der Waals surface area contributed by atoms with Gasteiger partial charge in [0.25, 0.3) is 0 Å². The first-order valence-electron chi connectivity index (χ1n) is 5.82. The minimum atomic E-state index is -0.720.